The number of ether oxygens (including phenoxy) is 1. The van der Waals surface area contributed by atoms with Crippen LogP contribution in [0.4, 0.5) is 16.5 Å². The van der Waals surface area contributed by atoms with E-state index in [1.165, 1.54) is 47.4 Å². The molecule has 0 spiro atoms. The van der Waals surface area contributed by atoms with Gasteiger partial charge in [0.25, 0.3) is 17.5 Å². The van der Waals surface area contributed by atoms with Crippen LogP contribution in [0.1, 0.15) is 22.8 Å². The van der Waals surface area contributed by atoms with Gasteiger partial charge in [-0.1, -0.05) is 48.5 Å². The Morgan fingerprint density at radius 2 is 1.67 bits per heavy atom. The molecule has 5 rings (SSSR count). The highest BCUT2D eigenvalue weighted by molar-refractivity contribution is 8.00. The van der Waals surface area contributed by atoms with Crippen LogP contribution in [0.15, 0.2) is 119 Å². The number of nitro benzene ring substituents is 1. The maximum Gasteiger partial charge on any atom is 0.276 e. The zero-order chi connectivity index (χ0) is 34.0. The molecule has 4 aromatic carbocycles. The number of rotatable bonds is 12. The predicted octanol–water partition coefficient (Wildman–Crippen LogP) is 7.26. The molecule has 0 saturated heterocycles. The van der Waals surface area contributed by atoms with Crippen LogP contribution in [-0.4, -0.2) is 40.0 Å². The number of thiazole rings is 1. The van der Waals surface area contributed by atoms with Crippen LogP contribution in [0.3, 0.4) is 0 Å². The van der Waals surface area contributed by atoms with E-state index >= 15 is 0 Å². The molecule has 11 nitrogen and oxygen atoms in total. The van der Waals surface area contributed by atoms with Crippen molar-refractivity contribution in [2.24, 2.45) is 0 Å². The number of methoxy groups -OCH3 is 1. The van der Waals surface area contributed by atoms with Gasteiger partial charge in [0.15, 0.2) is 5.13 Å². The molecular weight excluding hydrogens is 651 g/mol. The van der Waals surface area contributed by atoms with E-state index in [-0.39, 0.29) is 22.9 Å². The molecule has 13 heteroatoms. The zero-order valence-corrected chi connectivity index (χ0v) is 27.3. The first-order valence-corrected chi connectivity index (χ1v) is 16.3. The number of nitrogens with zero attached hydrogens (tertiary/aromatic N) is 2. The Balaban J connectivity index is 1.29. The van der Waals surface area contributed by atoms with Crippen molar-refractivity contribution in [3.8, 4) is 17.0 Å². The Bertz CT molecular complexity index is 2000. The number of carbonyl (C=O) groups is 3. The van der Waals surface area contributed by atoms with Crippen molar-refractivity contribution in [1.29, 1.82) is 0 Å². The minimum atomic E-state index is -0.694. The van der Waals surface area contributed by atoms with E-state index in [4.69, 9.17) is 4.74 Å². The molecule has 0 saturated carbocycles. The van der Waals surface area contributed by atoms with Gasteiger partial charge >= 0.3 is 0 Å². The van der Waals surface area contributed by atoms with Crippen molar-refractivity contribution in [1.82, 2.24) is 10.3 Å². The summed E-state index contributed by atoms with van der Waals surface area (Å²) in [5, 5.41) is 21.6. The molecule has 0 fully saturated rings. The van der Waals surface area contributed by atoms with Gasteiger partial charge in [0, 0.05) is 33.2 Å². The molecule has 1 unspecified atom stereocenters. The molecule has 3 N–H and O–H groups in total. The van der Waals surface area contributed by atoms with Crippen molar-refractivity contribution < 1.29 is 24.0 Å². The van der Waals surface area contributed by atoms with E-state index in [0.717, 1.165) is 5.56 Å². The van der Waals surface area contributed by atoms with Crippen molar-refractivity contribution in [2.45, 2.75) is 17.1 Å². The number of carbonyl (C=O) groups excluding carboxylic acids is 3. The van der Waals surface area contributed by atoms with Crippen LogP contribution in [0.5, 0.6) is 5.75 Å². The second-order valence-electron chi connectivity index (χ2n) is 10.2. The normalized spacial score (nSPS) is 11.7. The van der Waals surface area contributed by atoms with Crippen molar-refractivity contribution in [2.75, 3.05) is 17.7 Å². The molecule has 0 aliphatic rings. The summed E-state index contributed by atoms with van der Waals surface area (Å²) in [6, 6.07) is 28.5. The fraction of sp³-hybridized carbons (Fsp3) is 0.0857. The first-order chi connectivity index (χ1) is 23.2. The fourth-order valence-corrected chi connectivity index (χ4v) is 6.13. The quantitative estimate of drug-likeness (QED) is 0.0539. The first-order valence-electron chi connectivity index (χ1n) is 14.5. The lowest BCUT2D eigenvalue weighted by molar-refractivity contribution is -0.385. The molecule has 5 aromatic rings. The lowest BCUT2D eigenvalue weighted by atomic mass is 10.1. The Kier molecular flexibility index (Phi) is 11.0. The predicted molar refractivity (Wildman–Crippen MR) is 188 cm³/mol. The third kappa shape index (κ3) is 8.51. The molecular formula is C35H29N5O6S2. The largest absolute Gasteiger partial charge is 0.496 e. The van der Waals surface area contributed by atoms with E-state index in [0.29, 0.717) is 32.7 Å². The van der Waals surface area contributed by atoms with E-state index in [2.05, 4.69) is 20.9 Å². The second kappa shape index (κ2) is 15.7. The minimum absolute atomic E-state index is 0.139. The molecule has 1 heterocycles. The fourth-order valence-electron chi connectivity index (χ4n) is 4.50. The van der Waals surface area contributed by atoms with Gasteiger partial charge in [0.05, 0.1) is 28.5 Å². The third-order valence-corrected chi connectivity index (χ3v) is 8.70. The van der Waals surface area contributed by atoms with Gasteiger partial charge in [0.2, 0.25) is 5.91 Å². The third-order valence-electron chi connectivity index (χ3n) is 6.85. The van der Waals surface area contributed by atoms with Crippen LogP contribution >= 0.6 is 23.1 Å². The lowest BCUT2D eigenvalue weighted by Gasteiger charge is -2.14. The van der Waals surface area contributed by atoms with Crippen LogP contribution in [0.2, 0.25) is 0 Å². The number of aromatic nitrogens is 1. The van der Waals surface area contributed by atoms with Crippen molar-refractivity contribution in [3.63, 3.8) is 0 Å². The van der Waals surface area contributed by atoms with E-state index in [9.17, 15) is 24.5 Å². The number of para-hydroxylation sites is 2. The summed E-state index contributed by atoms with van der Waals surface area (Å²) in [5.74, 6) is -0.831. The number of hydrogen-bond acceptors (Lipinski definition) is 9. The average Bonchev–Trinajstić information content (AvgIpc) is 3.56. The Labute approximate surface area is 284 Å². The molecule has 1 aromatic heterocycles. The van der Waals surface area contributed by atoms with Gasteiger partial charge in [-0.15, -0.1) is 23.1 Å². The topological polar surface area (TPSA) is 153 Å². The number of benzene rings is 4. The highest BCUT2D eigenvalue weighted by Gasteiger charge is 2.20. The number of anilines is 2. The molecule has 1 atom stereocenters. The second-order valence-corrected chi connectivity index (χ2v) is 12.4. The van der Waals surface area contributed by atoms with E-state index in [1.807, 2.05) is 29.6 Å². The monoisotopic (exact) mass is 679 g/mol. The van der Waals surface area contributed by atoms with Crippen LogP contribution in [0.25, 0.3) is 17.3 Å². The summed E-state index contributed by atoms with van der Waals surface area (Å²) < 4.78 is 5.42. The summed E-state index contributed by atoms with van der Waals surface area (Å²) in [6.45, 7) is 1.76. The first kappa shape index (κ1) is 33.6. The average molecular weight is 680 g/mol. The minimum Gasteiger partial charge on any atom is -0.496 e. The maximum atomic E-state index is 13.5. The van der Waals surface area contributed by atoms with Gasteiger partial charge in [-0.3, -0.25) is 24.5 Å². The van der Waals surface area contributed by atoms with Gasteiger partial charge < -0.3 is 20.7 Å². The van der Waals surface area contributed by atoms with E-state index in [1.54, 1.807) is 74.7 Å². The summed E-state index contributed by atoms with van der Waals surface area (Å²) in [4.78, 5) is 55.8. The van der Waals surface area contributed by atoms with Crippen LogP contribution in [0, 0.1) is 10.1 Å². The molecule has 0 bridgehead atoms. The van der Waals surface area contributed by atoms with Crippen LogP contribution < -0.4 is 20.7 Å². The summed E-state index contributed by atoms with van der Waals surface area (Å²) in [6.07, 6.45) is 1.26. The Hall–Kier alpha value is -5.79. The summed E-state index contributed by atoms with van der Waals surface area (Å²) in [5.41, 5.74) is 1.92. The summed E-state index contributed by atoms with van der Waals surface area (Å²) >= 11 is 2.58. The highest BCUT2D eigenvalue weighted by atomic mass is 32.2. The van der Waals surface area contributed by atoms with Crippen LogP contribution in [-0.2, 0) is 9.59 Å². The smallest absolute Gasteiger partial charge is 0.276 e. The van der Waals surface area contributed by atoms with Crippen molar-refractivity contribution in [3.05, 3.63) is 135 Å². The molecule has 0 aliphatic carbocycles. The number of nitro groups is 1. The van der Waals surface area contributed by atoms with Crippen molar-refractivity contribution >= 4 is 63.4 Å². The number of thioether (sulfide) groups is 1. The number of nitrogens with one attached hydrogen (secondary N) is 3. The number of amides is 3. The van der Waals surface area contributed by atoms with Gasteiger partial charge in [-0.25, -0.2) is 4.98 Å². The number of hydrogen-bond donors (Lipinski definition) is 3. The summed E-state index contributed by atoms with van der Waals surface area (Å²) in [7, 11) is 1.59. The van der Waals surface area contributed by atoms with Gasteiger partial charge in [0.1, 0.15) is 11.4 Å². The Morgan fingerprint density at radius 3 is 2.44 bits per heavy atom. The van der Waals surface area contributed by atoms with Gasteiger partial charge in [-0.05, 0) is 61.5 Å². The molecule has 48 heavy (non-hydrogen) atoms. The molecule has 0 radical (unpaired) electrons. The molecule has 0 aliphatic heterocycles. The SMILES string of the molecule is COc1ccccc1-c1csc(NC(=O)C(C)Sc2cccc(NC(=O)/C(=C\c3ccccc3[N+](=O)[O-])NC(=O)c3ccccc3)c2)n1. The molecule has 3 amide bonds. The van der Waals surface area contributed by atoms with Gasteiger partial charge in [-0.2, -0.15) is 0 Å². The lowest BCUT2D eigenvalue weighted by Crippen LogP contribution is -2.30. The molecule has 242 valence electrons. The Morgan fingerprint density at radius 1 is 0.938 bits per heavy atom. The highest BCUT2D eigenvalue weighted by Crippen LogP contribution is 2.33. The maximum absolute atomic E-state index is 13.5. The zero-order valence-electron chi connectivity index (χ0n) is 25.7. The standard InChI is InChI=1S/C35H29N5O6S2/c1-22(32(41)39-35-38-29(21-47-35)27-16-7-9-18-31(27)46-2)48-26-15-10-14-25(20-26)36-34(43)28(37-33(42)23-11-4-3-5-12-23)19-24-13-6-8-17-30(24)40(44)45/h3-22H,1-2H3,(H,36,43)(H,37,42)(H,38,39,41)/b28-19+. The van der Waals surface area contributed by atoms with E-state index < -0.39 is 22.0 Å².